The number of aromatic nitrogens is 1. The fourth-order valence-corrected chi connectivity index (χ4v) is 3.79. The molecule has 2 atom stereocenters. The standard InChI is InChI=1S/C19H29N5O2/c1-21(2)17-8-5-14(9-20-17)10-23-11-15-6-7-16(12-23)24(19(15)26)13-18(25)22(3)4/h5,8-9,15-16H,6-7,10-13H2,1-4H3/t15-,16+/m1/s1. The Morgan fingerprint density at radius 1 is 1.19 bits per heavy atom. The van der Waals surface area contributed by atoms with Crippen LogP contribution in [-0.2, 0) is 16.1 Å². The largest absolute Gasteiger partial charge is 0.363 e. The van der Waals surface area contributed by atoms with Crippen molar-refractivity contribution < 1.29 is 9.59 Å². The predicted molar refractivity (Wildman–Crippen MR) is 101 cm³/mol. The van der Waals surface area contributed by atoms with Crippen LogP contribution in [0.5, 0.6) is 0 Å². The van der Waals surface area contributed by atoms with Gasteiger partial charge in [0.1, 0.15) is 12.4 Å². The van der Waals surface area contributed by atoms with Gasteiger partial charge >= 0.3 is 0 Å². The third kappa shape index (κ3) is 3.98. The number of likely N-dealkylation sites (N-methyl/N-ethyl adjacent to an activating group) is 1. The van der Waals surface area contributed by atoms with E-state index >= 15 is 0 Å². The van der Waals surface area contributed by atoms with Crippen LogP contribution in [0.1, 0.15) is 18.4 Å². The Morgan fingerprint density at radius 3 is 2.58 bits per heavy atom. The normalized spacial score (nSPS) is 23.1. The second kappa shape index (κ2) is 7.61. The average molecular weight is 359 g/mol. The number of carbonyl (C=O) groups excluding carboxylic acids is 2. The molecule has 26 heavy (non-hydrogen) atoms. The first kappa shape index (κ1) is 18.6. The van der Waals surface area contributed by atoms with E-state index in [-0.39, 0.29) is 30.3 Å². The maximum absolute atomic E-state index is 12.8. The second-order valence-corrected chi connectivity index (χ2v) is 7.80. The fourth-order valence-electron chi connectivity index (χ4n) is 3.79. The Bertz CT molecular complexity index is 658. The van der Waals surface area contributed by atoms with E-state index in [2.05, 4.69) is 16.0 Å². The van der Waals surface area contributed by atoms with Crippen LogP contribution >= 0.6 is 0 Å². The van der Waals surface area contributed by atoms with Gasteiger partial charge < -0.3 is 14.7 Å². The first-order valence-electron chi connectivity index (χ1n) is 9.20. The van der Waals surface area contributed by atoms with Crippen molar-refractivity contribution in [2.75, 3.05) is 52.7 Å². The molecule has 0 aromatic carbocycles. The molecule has 7 heteroatoms. The molecular weight excluding hydrogens is 330 g/mol. The molecule has 0 N–H and O–H groups in total. The highest BCUT2D eigenvalue weighted by Crippen LogP contribution is 2.29. The highest BCUT2D eigenvalue weighted by molar-refractivity contribution is 5.86. The Labute approximate surface area is 155 Å². The summed E-state index contributed by atoms with van der Waals surface area (Å²) in [6.07, 6.45) is 3.81. The third-order valence-corrected chi connectivity index (χ3v) is 5.35. The molecule has 4 heterocycles. The number of hydrogen-bond acceptors (Lipinski definition) is 5. The number of amides is 2. The van der Waals surface area contributed by atoms with Gasteiger partial charge in [0.15, 0.2) is 0 Å². The molecule has 0 spiro atoms. The molecule has 0 radical (unpaired) electrons. The molecule has 1 aromatic heterocycles. The van der Waals surface area contributed by atoms with Gasteiger partial charge in [-0.1, -0.05) is 6.07 Å². The van der Waals surface area contributed by atoms with Crippen molar-refractivity contribution in [1.82, 2.24) is 19.7 Å². The number of piperidine rings is 1. The Hall–Kier alpha value is -2.15. The first-order chi connectivity index (χ1) is 12.3. The van der Waals surface area contributed by atoms with Gasteiger partial charge in [-0.2, -0.15) is 0 Å². The molecule has 0 aliphatic carbocycles. The van der Waals surface area contributed by atoms with Crippen molar-refractivity contribution in [3.05, 3.63) is 23.9 Å². The first-order valence-corrected chi connectivity index (χ1v) is 9.20. The van der Waals surface area contributed by atoms with E-state index in [1.807, 2.05) is 36.2 Å². The lowest BCUT2D eigenvalue weighted by atomic mass is 9.94. The van der Waals surface area contributed by atoms with Crippen LogP contribution in [0.2, 0.25) is 0 Å². The molecule has 1 aromatic rings. The van der Waals surface area contributed by atoms with Crippen LogP contribution in [0.15, 0.2) is 18.3 Å². The topological polar surface area (TPSA) is 60.0 Å². The van der Waals surface area contributed by atoms with Crippen molar-refractivity contribution in [1.29, 1.82) is 0 Å². The van der Waals surface area contributed by atoms with E-state index in [1.54, 1.807) is 19.0 Å². The van der Waals surface area contributed by atoms with Crippen LogP contribution in [0.25, 0.3) is 0 Å². The van der Waals surface area contributed by atoms with E-state index in [1.165, 1.54) is 0 Å². The molecule has 142 valence electrons. The molecule has 3 saturated heterocycles. The molecular formula is C19H29N5O2. The molecule has 4 rings (SSSR count). The molecule has 3 fully saturated rings. The minimum absolute atomic E-state index is 0.00211. The van der Waals surface area contributed by atoms with Crippen LogP contribution in [0, 0.1) is 5.92 Å². The van der Waals surface area contributed by atoms with E-state index in [9.17, 15) is 9.59 Å². The van der Waals surface area contributed by atoms with E-state index in [0.717, 1.165) is 43.9 Å². The van der Waals surface area contributed by atoms with Crippen molar-refractivity contribution in [3.8, 4) is 0 Å². The molecule has 0 saturated carbocycles. The predicted octanol–water partition coefficient (Wildman–Crippen LogP) is 0.659. The van der Waals surface area contributed by atoms with Gasteiger partial charge in [0.25, 0.3) is 0 Å². The second-order valence-electron chi connectivity index (χ2n) is 7.80. The number of pyridine rings is 1. The van der Waals surface area contributed by atoms with Gasteiger partial charge in [0.05, 0.1) is 5.92 Å². The summed E-state index contributed by atoms with van der Waals surface area (Å²) in [5, 5.41) is 0. The average Bonchev–Trinajstić information content (AvgIpc) is 2.87. The Morgan fingerprint density at radius 2 is 1.96 bits per heavy atom. The van der Waals surface area contributed by atoms with Gasteiger partial charge in [0, 0.05) is 60.1 Å². The van der Waals surface area contributed by atoms with Crippen molar-refractivity contribution in [2.24, 2.45) is 5.92 Å². The maximum atomic E-state index is 12.8. The van der Waals surface area contributed by atoms with E-state index in [4.69, 9.17) is 0 Å². The molecule has 2 amide bonds. The SMILES string of the molecule is CN(C)C(=O)CN1C(=O)[C@@H]2CC[C@H]1CN(Cc1ccc(N(C)C)nc1)C2. The lowest BCUT2D eigenvalue weighted by molar-refractivity contribution is -0.145. The molecule has 0 unspecified atom stereocenters. The number of rotatable bonds is 5. The zero-order valence-electron chi connectivity index (χ0n) is 16.2. The van der Waals surface area contributed by atoms with E-state index in [0.29, 0.717) is 0 Å². The molecule has 3 aliphatic rings. The summed E-state index contributed by atoms with van der Waals surface area (Å²) in [6, 6.07) is 4.25. The fraction of sp³-hybridized carbons (Fsp3) is 0.632. The smallest absolute Gasteiger partial charge is 0.241 e. The summed E-state index contributed by atoms with van der Waals surface area (Å²) in [5.41, 5.74) is 1.15. The summed E-state index contributed by atoms with van der Waals surface area (Å²) < 4.78 is 0. The van der Waals surface area contributed by atoms with Gasteiger partial charge in [-0.3, -0.25) is 14.5 Å². The minimum atomic E-state index is -0.0130. The number of anilines is 1. The highest BCUT2D eigenvalue weighted by atomic mass is 16.2. The van der Waals surface area contributed by atoms with Gasteiger partial charge in [-0.15, -0.1) is 0 Å². The van der Waals surface area contributed by atoms with Gasteiger partial charge in [0.2, 0.25) is 11.8 Å². The summed E-state index contributed by atoms with van der Waals surface area (Å²) in [4.78, 5) is 37.1. The Kier molecular flexibility index (Phi) is 5.46. The maximum Gasteiger partial charge on any atom is 0.241 e. The Balaban J connectivity index is 1.69. The van der Waals surface area contributed by atoms with E-state index < -0.39 is 0 Å². The van der Waals surface area contributed by atoms with Crippen LogP contribution in [0.4, 0.5) is 5.82 Å². The lowest BCUT2D eigenvalue weighted by Gasteiger charge is -2.36. The van der Waals surface area contributed by atoms with Gasteiger partial charge in [-0.25, -0.2) is 4.98 Å². The summed E-state index contributed by atoms with van der Waals surface area (Å²) >= 11 is 0. The number of nitrogens with zero attached hydrogens (tertiary/aromatic N) is 5. The van der Waals surface area contributed by atoms with Crippen LogP contribution in [-0.4, -0.2) is 85.4 Å². The molecule has 3 aliphatic heterocycles. The molecule has 2 bridgehead atoms. The zero-order valence-corrected chi connectivity index (χ0v) is 16.2. The molecule has 7 nitrogen and oxygen atoms in total. The van der Waals surface area contributed by atoms with Gasteiger partial charge in [-0.05, 0) is 24.5 Å². The lowest BCUT2D eigenvalue weighted by Crippen LogP contribution is -2.51. The van der Waals surface area contributed by atoms with Crippen LogP contribution in [0.3, 0.4) is 0 Å². The minimum Gasteiger partial charge on any atom is -0.363 e. The third-order valence-electron chi connectivity index (χ3n) is 5.35. The monoisotopic (exact) mass is 359 g/mol. The highest BCUT2D eigenvalue weighted by Gasteiger charge is 2.41. The van der Waals surface area contributed by atoms with Crippen LogP contribution < -0.4 is 4.90 Å². The van der Waals surface area contributed by atoms with Crippen molar-refractivity contribution >= 4 is 17.6 Å². The summed E-state index contributed by atoms with van der Waals surface area (Å²) in [6.45, 7) is 2.56. The summed E-state index contributed by atoms with van der Waals surface area (Å²) in [7, 11) is 7.42. The quantitative estimate of drug-likeness (QED) is 0.773. The summed E-state index contributed by atoms with van der Waals surface area (Å²) in [5.74, 6) is 1.06. The number of fused-ring (bicyclic) bond motifs is 4. The van der Waals surface area contributed by atoms with Crippen molar-refractivity contribution in [2.45, 2.75) is 25.4 Å². The number of hydrogen-bond donors (Lipinski definition) is 0. The number of carbonyl (C=O) groups is 2. The zero-order chi connectivity index (χ0) is 18.8. The van der Waals surface area contributed by atoms with Crippen molar-refractivity contribution in [3.63, 3.8) is 0 Å².